The Hall–Kier alpha value is -0.780. The summed E-state index contributed by atoms with van der Waals surface area (Å²) in [6, 6.07) is 0. The number of carbonyl (C=O) groups excluding carboxylic acids is 1. The van der Waals surface area contributed by atoms with Gasteiger partial charge in [-0.25, -0.2) is 4.98 Å². The van der Waals surface area contributed by atoms with E-state index in [9.17, 15) is 21.6 Å². The van der Waals surface area contributed by atoms with Crippen LogP contribution < -0.4 is 0 Å². The van der Waals surface area contributed by atoms with E-state index in [0.717, 1.165) is 0 Å². The molecule has 0 saturated carbocycles. The topological polar surface area (TPSA) is 139 Å². The van der Waals surface area contributed by atoms with Crippen LogP contribution in [0.15, 0.2) is 10.1 Å². The Labute approximate surface area is 111 Å². The first-order chi connectivity index (χ1) is 8.00. The number of carbonyl (C=O) groups is 1. The lowest BCUT2D eigenvalue weighted by molar-refractivity contribution is 0.111. The molecule has 100 valence electrons. The van der Waals surface area contributed by atoms with Crippen LogP contribution >= 0.6 is 23.2 Å². The molecule has 0 atom stereocenters. The first-order valence-corrected chi connectivity index (χ1v) is 7.43. The van der Waals surface area contributed by atoms with Gasteiger partial charge in [-0.05, 0) is 0 Å². The Morgan fingerprint density at radius 1 is 0.944 bits per heavy atom. The Balaban J connectivity index is 3.97. The molecule has 18 heavy (non-hydrogen) atoms. The van der Waals surface area contributed by atoms with E-state index in [1.165, 1.54) is 0 Å². The second kappa shape index (κ2) is 4.72. The minimum atomic E-state index is -5.03. The third-order valence-corrected chi connectivity index (χ3v) is 4.21. The Morgan fingerprint density at radius 3 is 1.72 bits per heavy atom. The van der Waals surface area contributed by atoms with Gasteiger partial charge >= 0.3 is 20.2 Å². The van der Waals surface area contributed by atoms with Crippen molar-refractivity contribution in [1.82, 2.24) is 4.98 Å². The molecule has 1 heterocycles. The molecule has 2 N–H and O–H groups in total. The molecule has 0 amide bonds. The summed E-state index contributed by atoms with van der Waals surface area (Å²) in [5.74, 6) is 0. The first kappa shape index (κ1) is 15.3. The second-order valence-electron chi connectivity index (χ2n) is 2.83. The van der Waals surface area contributed by atoms with Crippen molar-refractivity contribution in [1.29, 1.82) is 0 Å². The van der Waals surface area contributed by atoms with Crippen molar-refractivity contribution in [2.24, 2.45) is 0 Å². The highest BCUT2D eigenvalue weighted by atomic mass is 35.5. The van der Waals surface area contributed by atoms with Gasteiger partial charge in [0.05, 0.1) is 15.6 Å². The highest BCUT2D eigenvalue weighted by molar-refractivity contribution is 7.86. The number of hydrogen-bond acceptors (Lipinski definition) is 6. The van der Waals surface area contributed by atoms with Crippen LogP contribution in [0.5, 0.6) is 0 Å². The maximum absolute atomic E-state index is 10.9. The zero-order valence-corrected chi connectivity index (χ0v) is 11.2. The van der Waals surface area contributed by atoms with E-state index in [-0.39, 0.29) is 6.29 Å². The maximum Gasteiger partial charge on any atom is 0.313 e. The predicted octanol–water partition coefficient (Wildman–Crippen LogP) is 0.694. The van der Waals surface area contributed by atoms with E-state index in [1.807, 2.05) is 0 Å². The van der Waals surface area contributed by atoms with Gasteiger partial charge < -0.3 is 0 Å². The molecule has 0 bridgehead atoms. The van der Waals surface area contributed by atoms with Crippen LogP contribution in [-0.4, -0.2) is 37.2 Å². The SMILES string of the molecule is O=Cc1c(S(=O)(=O)O)nc(S(=O)(=O)O)c(Cl)c1Cl. The van der Waals surface area contributed by atoms with E-state index in [4.69, 9.17) is 32.3 Å². The van der Waals surface area contributed by atoms with Crippen molar-refractivity contribution in [3.05, 3.63) is 15.6 Å². The fourth-order valence-electron chi connectivity index (χ4n) is 0.977. The largest absolute Gasteiger partial charge is 0.313 e. The molecule has 8 nitrogen and oxygen atoms in total. The van der Waals surface area contributed by atoms with Gasteiger partial charge in [-0.2, -0.15) is 16.8 Å². The molecule has 0 unspecified atom stereocenters. The summed E-state index contributed by atoms with van der Waals surface area (Å²) in [6.07, 6.45) is -0.0852. The average molecular weight is 336 g/mol. The van der Waals surface area contributed by atoms with Crippen LogP contribution in [-0.2, 0) is 20.2 Å². The molecule has 0 aliphatic rings. The molecule has 0 spiro atoms. The fraction of sp³-hybridized carbons (Fsp3) is 0. The van der Waals surface area contributed by atoms with E-state index >= 15 is 0 Å². The molecule has 0 aliphatic heterocycles. The average Bonchev–Trinajstić information content (AvgIpc) is 2.17. The van der Waals surface area contributed by atoms with Gasteiger partial charge in [0.25, 0.3) is 0 Å². The van der Waals surface area contributed by atoms with Gasteiger partial charge in [0, 0.05) is 0 Å². The normalized spacial score (nSPS) is 12.4. The van der Waals surface area contributed by atoms with E-state index < -0.39 is 45.9 Å². The number of halogens is 2. The van der Waals surface area contributed by atoms with Crippen molar-refractivity contribution < 1.29 is 30.7 Å². The molecule has 0 aliphatic carbocycles. The van der Waals surface area contributed by atoms with Gasteiger partial charge in [-0.3, -0.25) is 13.9 Å². The lowest BCUT2D eigenvalue weighted by Crippen LogP contribution is -2.12. The van der Waals surface area contributed by atoms with Crippen LogP contribution in [0.2, 0.25) is 10.0 Å². The summed E-state index contributed by atoms with van der Waals surface area (Å²) in [5.41, 5.74) is -0.823. The lowest BCUT2D eigenvalue weighted by atomic mass is 10.3. The molecule has 12 heteroatoms. The maximum atomic E-state index is 10.9. The van der Waals surface area contributed by atoms with E-state index in [2.05, 4.69) is 4.98 Å². The number of rotatable bonds is 3. The molecule has 1 aromatic rings. The first-order valence-electron chi connectivity index (χ1n) is 3.79. The lowest BCUT2D eigenvalue weighted by Gasteiger charge is -2.07. The summed E-state index contributed by atoms with van der Waals surface area (Å²) in [4.78, 5) is 13.6. The molecule has 0 aromatic carbocycles. The third kappa shape index (κ3) is 2.79. The van der Waals surface area contributed by atoms with Crippen LogP contribution in [0, 0.1) is 0 Å². The monoisotopic (exact) mass is 335 g/mol. The summed E-state index contributed by atoms with van der Waals surface area (Å²) in [6.45, 7) is 0. The highest BCUT2D eigenvalue weighted by Gasteiger charge is 2.29. The number of nitrogens with zero attached hydrogens (tertiary/aromatic N) is 1. The molecule has 0 saturated heterocycles. The number of aldehydes is 1. The molecule has 0 fully saturated rings. The Kier molecular flexibility index (Phi) is 4.00. The molecular weight excluding hydrogens is 333 g/mol. The smallest absolute Gasteiger partial charge is 0.298 e. The van der Waals surface area contributed by atoms with E-state index in [0.29, 0.717) is 0 Å². The van der Waals surface area contributed by atoms with Crippen LogP contribution in [0.4, 0.5) is 0 Å². The fourth-order valence-corrected chi connectivity index (χ4v) is 2.98. The second-order valence-corrected chi connectivity index (χ2v) is 6.26. The van der Waals surface area contributed by atoms with Gasteiger partial charge in [-0.1, -0.05) is 23.2 Å². The summed E-state index contributed by atoms with van der Waals surface area (Å²) >= 11 is 10.9. The molecule has 1 rings (SSSR count). The standard InChI is InChI=1S/C6H3Cl2NO7S2/c7-3-2(1-10)5(17(11,12)13)9-6(4(3)8)18(14,15)16/h1H,(H,11,12,13)(H,14,15,16). The summed E-state index contributed by atoms with van der Waals surface area (Å²) < 4.78 is 61.1. The number of hydrogen-bond donors (Lipinski definition) is 2. The highest BCUT2D eigenvalue weighted by Crippen LogP contribution is 2.33. The van der Waals surface area contributed by atoms with Gasteiger partial charge in [0.1, 0.15) is 0 Å². The Bertz CT molecular complexity index is 725. The predicted molar refractivity (Wildman–Crippen MR) is 59.3 cm³/mol. The Morgan fingerprint density at radius 2 is 1.39 bits per heavy atom. The zero-order valence-electron chi connectivity index (χ0n) is 8.03. The molecule has 0 radical (unpaired) electrons. The van der Waals surface area contributed by atoms with Crippen molar-refractivity contribution >= 4 is 49.7 Å². The van der Waals surface area contributed by atoms with Crippen LogP contribution in [0.1, 0.15) is 10.4 Å². The zero-order chi connectivity index (χ0) is 14.3. The van der Waals surface area contributed by atoms with Crippen molar-refractivity contribution in [3.63, 3.8) is 0 Å². The van der Waals surface area contributed by atoms with Crippen molar-refractivity contribution in [3.8, 4) is 0 Å². The van der Waals surface area contributed by atoms with Crippen molar-refractivity contribution in [2.75, 3.05) is 0 Å². The third-order valence-electron chi connectivity index (χ3n) is 1.66. The van der Waals surface area contributed by atoms with Gasteiger partial charge in [0.2, 0.25) is 5.03 Å². The van der Waals surface area contributed by atoms with Crippen LogP contribution in [0.25, 0.3) is 0 Å². The van der Waals surface area contributed by atoms with Gasteiger partial charge in [-0.15, -0.1) is 0 Å². The van der Waals surface area contributed by atoms with Crippen LogP contribution in [0.3, 0.4) is 0 Å². The quantitative estimate of drug-likeness (QED) is 0.607. The molecule has 1 aromatic heterocycles. The summed E-state index contributed by atoms with van der Waals surface area (Å²) in [5, 5.41) is -4.22. The number of pyridine rings is 1. The van der Waals surface area contributed by atoms with Crippen molar-refractivity contribution in [2.45, 2.75) is 10.1 Å². The minimum absolute atomic E-state index is 0.0852. The minimum Gasteiger partial charge on any atom is -0.298 e. The van der Waals surface area contributed by atoms with E-state index in [1.54, 1.807) is 0 Å². The molecular formula is C6H3Cl2NO7S2. The summed E-state index contributed by atoms with van der Waals surface area (Å²) in [7, 11) is -10.0. The number of aromatic nitrogens is 1. The van der Waals surface area contributed by atoms with Gasteiger partial charge in [0.15, 0.2) is 11.3 Å².